The largest absolute Gasteiger partial charge is 0.361 e. The summed E-state index contributed by atoms with van der Waals surface area (Å²) in [7, 11) is -3.09. The van der Waals surface area contributed by atoms with E-state index in [0.717, 1.165) is 5.69 Å². The monoisotopic (exact) mass is 285 g/mol. The zero-order valence-corrected chi connectivity index (χ0v) is 12.7. The Morgan fingerprint density at radius 3 is 2.47 bits per heavy atom. The molecule has 1 aromatic heterocycles. The third-order valence-electron chi connectivity index (χ3n) is 3.12. The van der Waals surface area contributed by atoms with Crippen LogP contribution in [-0.4, -0.2) is 24.0 Å². The van der Waals surface area contributed by atoms with Gasteiger partial charge < -0.3 is 14.0 Å². The Morgan fingerprint density at radius 2 is 2.00 bits per heavy atom. The summed E-state index contributed by atoms with van der Waals surface area (Å²) < 4.78 is 23.3. The molecular weight excluding hydrogens is 265 g/mol. The molecule has 0 amide bonds. The molecule has 0 bridgehead atoms. The van der Waals surface area contributed by atoms with Gasteiger partial charge in [-0.2, -0.15) is 0 Å². The van der Waals surface area contributed by atoms with Crippen LogP contribution in [0.25, 0.3) is 0 Å². The van der Waals surface area contributed by atoms with E-state index in [1.165, 1.54) is 6.92 Å². The number of rotatable bonds is 3. The first kappa shape index (κ1) is 14.5. The molecule has 2 heterocycles. The van der Waals surface area contributed by atoms with Crippen molar-refractivity contribution in [2.24, 2.45) is 5.41 Å². The van der Waals surface area contributed by atoms with Gasteiger partial charge in [-0.1, -0.05) is 13.8 Å². The van der Waals surface area contributed by atoms with Crippen molar-refractivity contribution in [2.75, 3.05) is 13.2 Å². The van der Waals surface area contributed by atoms with Crippen LogP contribution in [0.3, 0.4) is 0 Å². The predicted molar refractivity (Wildman–Crippen MR) is 72.5 cm³/mol. The Morgan fingerprint density at radius 1 is 1.42 bits per heavy atom. The minimum absolute atomic E-state index is 0.00936. The van der Waals surface area contributed by atoms with Crippen molar-refractivity contribution >= 4 is 13.4 Å². The standard InChI is InChI=1S/C13H20NO4P/c1-9-12(10(2)15)5-11(14-9)6-19(16)17-7-13(3,4)8-18-19/h5,14H,6-8H2,1-4H3. The molecule has 2 rings (SSSR count). The maximum atomic E-state index is 12.4. The van der Waals surface area contributed by atoms with Gasteiger partial charge in [-0.05, 0) is 19.9 Å². The Hall–Kier alpha value is -0.900. The number of aromatic amines is 1. The third kappa shape index (κ3) is 3.35. The van der Waals surface area contributed by atoms with Gasteiger partial charge in [-0.3, -0.25) is 9.36 Å². The van der Waals surface area contributed by atoms with Crippen molar-refractivity contribution in [3.05, 3.63) is 23.0 Å². The van der Waals surface area contributed by atoms with Crippen molar-refractivity contribution < 1.29 is 18.4 Å². The SMILES string of the molecule is CC(=O)c1cc(CP2(=O)OCC(C)(C)CO2)[nH]c1C. The highest BCUT2D eigenvalue weighted by Crippen LogP contribution is 2.56. The summed E-state index contributed by atoms with van der Waals surface area (Å²) in [6, 6.07) is 1.73. The molecule has 19 heavy (non-hydrogen) atoms. The van der Waals surface area contributed by atoms with Gasteiger partial charge in [0.2, 0.25) is 0 Å². The molecule has 0 saturated carbocycles. The molecule has 0 aromatic carbocycles. The second-order valence-corrected chi connectivity index (χ2v) is 7.92. The minimum atomic E-state index is -3.09. The number of carbonyl (C=O) groups excluding carboxylic acids is 1. The molecule has 1 aliphatic rings. The first-order valence-corrected chi connectivity index (χ1v) is 8.01. The van der Waals surface area contributed by atoms with Crippen molar-refractivity contribution in [1.82, 2.24) is 4.98 Å². The molecule has 6 heteroatoms. The second kappa shape index (κ2) is 4.89. The van der Waals surface area contributed by atoms with Crippen LogP contribution in [0.1, 0.15) is 42.5 Å². The molecule has 5 nitrogen and oxygen atoms in total. The minimum Gasteiger partial charge on any atom is -0.361 e. The molecule has 0 unspecified atom stereocenters. The maximum absolute atomic E-state index is 12.4. The number of ketones is 1. The molecule has 1 aromatic rings. The van der Waals surface area contributed by atoms with Crippen LogP contribution in [0.5, 0.6) is 0 Å². The van der Waals surface area contributed by atoms with Crippen LogP contribution in [0.15, 0.2) is 6.07 Å². The Labute approximate surface area is 113 Å². The lowest BCUT2D eigenvalue weighted by molar-refractivity contribution is 0.0408. The highest BCUT2D eigenvalue weighted by molar-refractivity contribution is 7.53. The number of nitrogens with one attached hydrogen (secondary N) is 1. The second-order valence-electron chi connectivity index (χ2n) is 5.87. The Kier molecular flexibility index (Phi) is 3.74. The molecule has 1 aliphatic heterocycles. The lowest BCUT2D eigenvalue weighted by atomic mass is 9.97. The molecule has 1 saturated heterocycles. The van der Waals surface area contributed by atoms with Crippen LogP contribution < -0.4 is 0 Å². The number of hydrogen-bond donors (Lipinski definition) is 1. The zero-order chi connectivity index (χ0) is 14.3. The summed E-state index contributed by atoms with van der Waals surface area (Å²) in [5, 5.41) is 0. The lowest BCUT2D eigenvalue weighted by Crippen LogP contribution is -2.29. The number of H-pyrrole nitrogens is 1. The van der Waals surface area contributed by atoms with Gasteiger partial charge in [0.15, 0.2) is 5.78 Å². The number of aryl methyl sites for hydroxylation is 1. The summed E-state index contributed by atoms with van der Waals surface area (Å²) in [4.78, 5) is 14.5. The molecule has 1 fully saturated rings. The fraction of sp³-hybridized carbons (Fsp3) is 0.615. The quantitative estimate of drug-likeness (QED) is 0.683. The fourth-order valence-electron chi connectivity index (χ4n) is 2.00. The molecule has 0 atom stereocenters. The summed E-state index contributed by atoms with van der Waals surface area (Å²) >= 11 is 0. The maximum Gasteiger partial charge on any atom is 0.336 e. The highest BCUT2D eigenvalue weighted by Gasteiger charge is 2.37. The molecule has 0 spiro atoms. The summed E-state index contributed by atoms with van der Waals surface area (Å²) in [6.45, 7) is 8.18. The van der Waals surface area contributed by atoms with Crippen molar-refractivity contribution in [3.8, 4) is 0 Å². The first-order chi connectivity index (χ1) is 8.71. The van der Waals surface area contributed by atoms with E-state index in [-0.39, 0.29) is 17.4 Å². The average molecular weight is 285 g/mol. The smallest absolute Gasteiger partial charge is 0.336 e. The van der Waals surface area contributed by atoms with Crippen LogP contribution in [-0.2, 0) is 19.8 Å². The lowest BCUT2D eigenvalue weighted by Gasteiger charge is -2.33. The molecule has 0 aliphatic carbocycles. The first-order valence-electron chi connectivity index (χ1n) is 6.28. The van der Waals surface area contributed by atoms with E-state index in [1.807, 2.05) is 20.8 Å². The zero-order valence-electron chi connectivity index (χ0n) is 11.8. The van der Waals surface area contributed by atoms with Crippen LogP contribution in [0.4, 0.5) is 0 Å². The summed E-state index contributed by atoms with van der Waals surface area (Å²) in [6.07, 6.45) is 0.178. The molecular formula is C13H20NO4P. The fourth-order valence-corrected chi connectivity index (χ4v) is 3.94. The summed E-state index contributed by atoms with van der Waals surface area (Å²) in [5.74, 6) is -0.00936. The van der Waals surface area contributed by atoms with Gasteiger partial charge >= 0.3 is 7.60 Å². The normalized spacial score (nSPS) is 21.3. The predicted octanol–water partition coefficient (Wildman–Crippen LogP) is 3.29. The van der Waals surface area contributed by atoms with Crippen molar-refractivity contribution in [2.45, 2.75) is 33.9 Å². The highest BCUT2D eigenvalue weighted by atomic mass is 31.2. The van der Waals surface area contributed by atoms with Gasteiger partial charge in [0.25, 0.3) is 0 Å². The topological polar surface area (TPSA) is 68.4 Å². The van der Waals surface area contributed by atoms with Gasteiger partial charge in [0, 0.05) is 22.4 Å². The van der Waals surface area contributed by atoms with Gasteiger partial charge in [0.05, 0.1) is 19.4 Å². The molecule has 106 valence electrons. The average Bonchev–Trinajstić information content (AvgIpc) is 2.65. The Balaban J connectivity index is 2.11. The van der Waals surface area contributed by atoms with Crippen LogP contribution in [0.2, 0.25) is 0 Å². The van der Waals surface area contributed by atoms with Gasteiger partial charge in [-0.25, -0.2) is 0 Å². The van der Waals surface area contributed by atoms with Crippen molar-refractivity contribution in [3.63, 3.8) is 0 Å². The molecule has 0 radical (unpaired) electrons. The Bertz CT molecular complexity index is 533. The number of carbonyl (C=O) groups is 1. The van der Waals surface area contributed by atoms with Crippen LogP contribution >= 0.6 is 7.60 Å². The number of aromatic nitrogens is 1. The van der Waals surface area contributed by atoms with E-state index in [9.17, 15) is 9.36 Å². The van der Waals surface area contributed by atoms with E-state index in [2.05, 4.69) is 4.98 Å². The van der Waals surface area contributed by atoms with Gasteiger partial charge in [0.1, 0.15) is 0 Å². The number of Topliss-reactive ketones (excluding diaryl/α,β-unsaturated/α-hetero) is 1. The van der Waals surface area contributed by atoms with E-state index >= 15 is 0 Å². The summed E-state index contributed by atoms with van der Waals surface area (Å²) in [5.41, 5.74) is 2.01. The van der Waals surface area contributed by atoms with E-state index in [1.54, 1.807) is 6.07 Å². The third-order valence-corrected chi connectivity index (χ3v) is 4.89. The number of hydrogen-bond acceptors (Lipinski definition) is 4. The van der Waals surface area contributed by atoms with E-state index in [4.69, 9.17) is 9.05 Å². The van der Waals surface area contributed by atoms with E-state index < -0.39 is 7.60 Å². The van der Waals surface area contributed by atoms with Crippen LogP contribution in [0, 0.1) is 12.3 Å². The van der Waals surface area contributed by atoms with E-state index in [0.29, 0.717) is 24.5 Å². The van der Waals surface area contributed by atoms with Gasteiger partial charge in [-0.15, -0.1) is 0 Å². The molecule has 1 N–H and O–H groups in total. The van der Waals surface area contributed by atoms with Crippen molar-refractivity contribution in [1.29, 1.82) is 0 Å².